The highest BCUT2D eigenvalue weighted by Gasteiger charge is 2.37. The summed E-state index contributed by atoms with van der Waals surface area (Å²) in [5.74, 6) is -1.24. The van der Waals surface area contributed by atoms with E-state index >= 15 is 0 Å². The second kappa shape index (κ2) is 13.8. The third kappa shape index (κ3) is 9.17. The lowest BCUT2D eigenvalue weighted by Crippen LogP contribution is -2.54. The maximum atomic E-state index is 13.7. The molecule has 0 spiro atoms. The Morgan fingerprint density at radius 1 is 1.06 bits per heavy atom. The molecule has 0 radical (unpaired) electrons. The number of hydrogen-bond acceptors (Lipinski definition) is 6. The van der Waals surface area contributed by atoms with Crippen LogP contribution in [0.25, 0.3) is 0 Å². The van der Waals surface area contributed by atoms with Crippen molar-refractivity contribution in [3.05, 3.63) is 34.9 Å². The quantitative estimate of drug-likeness (QED) is 0.440. The predicted octanol–water partition coefficient (Wildman–Crippen LogP) is 3.95. The van der Waals surface area contributed by atoms with Crippen LogP contribution in [0.5, 0.6) is 0 Å². The number of amides is 3. The molecule has 0 fully saturated rings. The molecule has 1 aromatic carbocycles. The van der Waals surface area contributed by atoms with Crippen molar-refractivity contribution in [2.75, 3.05) is 13.2 Å². The van der Waals surface area contributed by atoms with Crippen LogP contribution in [0.4, 0.5) is 4.79 Å². The molecule has 0 aromatic heterocycles. The van der Waals surface area contributed by atoms with E-state index in [0.717, 1.165) is 11.1 Å². The molecule has 1 aromatic rings. The second-order valence-corrected chi connectivity index (χ2v) is 9.91. The van der Waals surface area contributed by atoms with Gasteiger partial charge in [0.2, 0.25) is 11.8 Å². The molecule has 9 nitrogen and oxygen atoms in total. The van der Waals surface area contributed by atoms with Crippen molar-refractivity contribution in [2.24, 2.45) is 0 Å². The zero-order valence-corrected chi connectivity index (χ0v) is 23.2. The van der Waals surface area contributed by atoms with E-state index in [0.29, 0.717) is 12.0 Å². The molecule has 0 saturated heterocycles. The first-order valence-corrected chi connectivity index (χ1v) is 12.5. The average molecular weight is 506 g/mol. The van der Waals surface area contributed by atoms with E-state index in [4.69, 9.17) is 9.47 Å². The number of nitrogens with zero attached hydrogens (tertiary/aromatic N) is 1. The van der Waals surface area contributed by atoms with Crippen LogP contribution >= 0.6 is 0 Å². The van der Waals surface area contributed by atoms with Gasteiger partial charge in [0.25, 0.3) is 0 Å². The Balaban J connectivity index is 3.36. The number of nitrogens with one attached hydrogen (secondary N) is 2. The first-order valence-electron chi connectivity index (χ1n) is 12.5. The summed E-state index contributed by atoms with van der Waals surface area (Å²) in [4.78, 5) is 52.9. The van der Waals surface area contributed by atoms with Crippen LogP contribution in [-0.2, 0) is 23.9 Å². The second-order valence-electron chi connectivity index (χ2n) is 9.91. The van der Waals surface area contributed by atoms with Gasteiger partial charge >= 0.3 is 12.1 Å². The number of benzene rings is 1. The lowest BCUT2D eigenvalue weighted by Gasteiger charge is -2.38. The van der Waals surface area contributed by atoms with Gasteiger partial charge < -0.3 is 25.0 Å². The molecule has 0 aliphatic rings. The van der Waals surface area contributed by atoms with Gasteiger partial charge in [0, 0.05) is 12.6 Å². The molecule has 0 aliphatic carbocycles. The Hall–Kier alpha value is -3.10. The Bertz CT molecular complexity index is 925. The average Bonchev–Trinajstić information content (AvgIpc) is 2.77. The van der Waals surface area contributed by atoms with E-state index in [2.05, 4.69) is 10.6 Å². The van der Waals surface area contributed by atoms with Crippen molar-refractivity contribution in [3.63, 3.8) is 0 Å². The molecule has 0 bridgehead atoms. The number of ether oxygens (including phenoxy) is 2. The zero-order chi connectivity index (χ0) is 27.6. The minimum Gasteiger partial charge on any atom is -0.466 e. The van der Waals surface area contributed by atoms with E-state index in [1.807, 2.05) is 45.9 Å². The van der Waals surface area contributed by atoms with E-state index in [-0.39, 0.29) is 25.6 Å². The smallest absolute Gasteiger partial charge is 0.408 e. The summed E-state index contributed by atoms with van der Waals surface area (Å²) in [5, 5.41) is 5.39. The van der Waals surface area contributed by atoms with E-state index in [1.54, 1.807) is 34.6 Å². The summed E-state index contributed by atoms with van der Waals surface area (Å²) in [6, 6.07) is 3.40. The molecule has 202 valence electrons. The van der Waals surface area contributed by atoms with Crippen LogP contribution < -0.4 is 10.6 Å². The highest BCUT2D eigenvalue weighted by Crippen LogP contribution is 2.29. The lowest BCUT2D eigenvalue weighted by atomic mass is 9.94. The Morgan fingerprint density at radius 2 is 1.69 bits per heavy atom. The normalized spacial score (nSPS) is 13.7. The molecule has 9 heteroatoms. The first-order chi connectivity index (χ1) is 16.7. The highest BCUT2D eigenvalue weighted by molar-refractivity contribution is 5.92. The van der Waals surface area contributed by atoms with Gasteiger partial charge in [-0.05, 0) is 78.5 Å². The summed E-state index contributed by atoms with van der Waals surface area (Å²) in [5.41, 5.74) is 1.83. The molecular weight excluding hydrogens is 462 g/mol. The highest BCUT2D eigenvalue weighted by atomic mass is 16.6. The van der Waals surface area contributed by atoms with Crippen LogP contribution in [0.3, 0.4) is 0 Å². The molecular formula is C27H43N3O6. The SMILES string of the molecule is CCOC(=O)CCNC(=O)C(c1cccc(C)c1C)N(C(=O)C(C)NC(=O)OC(C)(C)C)C(C)CC. The third-order valence-corrected chi connectivity index (χ3v) is 5.83. The molecule has 1 rings (SSSR count). The first kappa shape index (κ1) is 30.9. The predicted molar refractivity (Wildman–Crippen MR) is 138 cm³/mol. The minimum atomic E-state index is -0.961. The number of rotatable bonds is 11. The van der Waals surface area contributed by atoms with Crippen LogP contribution in [0, 0.1) is 13.8 Å². The molecule has 0 heterocycles. The summed E-state index contributed by atoms with van der Waals surface area (Å²) in [6.45, 7) is 16.5. The van der Waals surface area contributed by atoms with Gasteiger partial charge in [0.05, 0.1) is 13.0 Å². The zero-order valence-electron chi connectivity index (χ0n) is 23.2. The number of esters is 1. The number of hydrogen-bond donors (Lipinski definition) is 2. The number of aryl methyl sites for hydroxylation is 1. The fourth-order valence-corrected chi connectivity index (χ4v) is 3.67. The summed E-state index contributed by atoms with van der Waals surface area (Å²) < 4.78 is 10.2. The molecule has 0 saturated carbocycles. The third-order valence-electron chi connectivity index (χ3n) is 5.83. The van der Waals surface area contributed by atoms with Gasteiger partial charge in [0.15, 0.2) is 0 Å². The number of alkyl carbamates (subject to hydrolysis) is 1. The van der Waals surface area contributed by atoms with Crippen molar-refractivity contribution < 1.29 is 28.7 Å². The molecule has 0 aliphatic heterocycles. The van der Waals surface area contributed by atoms with Gasteiger partial charge in [-0.1, -0.05) is 25.1 Å². The standard InChI is InChI=1S/C27H43N3O6/c1-10-18(4)30(25(33)20(6)29-26(34)36-27(7,8)9)23(21-14-12-13-17(3)19(21)5)24(32)28-16-15-22(31)35-11-2/h12-14,18,20,23H,10-11,15-16H2,1-9H3,(H,28,32)(H,29,34). The van der Waals surface area contributed by atoms with Crippen molar-refractivity contribution in [1.29, 1.82) is 0 Å². The molecule has 36 heavy (non-hydrogen) atoms. The van der Waals surface area contributed by atoms with Gasteiger partial charge in [-0.25, -0.2) is 4.79 Å². The van der Waals surface area contributed by atoms with Crippen LogP contribution in [-0.4, -0.2) is 59.6 Å². The molecule has 2 N–H and O–H groups in total. The van der Waals surface area contributed by atoms with Crippen molar-refractivity contribution in [3.8, 4) is 0 Å². The lowest BCUT2D eigenvalue weighted by molar-refractivity contribution is -0.145. The number of carbonyl (C=O) groups excluding carboxylic acids is 4. The van der Waals surface area contributed by atoms with Gasteiger partial charge in [-0.2, -0.15) is 0 Å². The summed E-state index contributed by atoms with van der Waals surface area (Å²) >= 11 is 0. The Labute approximate surface area is 215 Å². The van der Waals surface area contributed by atoms with Gasteiger partial charge in [-0.3, -0.25) is 14.4 Å². The summed E-state index contributed by atoms with van der Waals surface area (Å²) in [6.07, 6.45) is -0.107. The Morgan fingerprint density at radius 3 is 2.25 bits per heavy atom. The molecule has 3 unspecified atom stereocenters. The van der Waals surface area contributed by atoms with E-state index in [9.17, 15) is 19.2 Å². The summed E-state index contributed by atoms with van der Waals surface area (Å²) in [7, 11) is 0. The monoisotopic (exact) mass is 505 g/mol. The number of carbonyl (C=O) groups is 4. The van der Waals surface area contributed by atoms with E-state index < -0.39 is 41.6 Å². The molecule has 3 atom stereocenters. The van der Waals surface area contributed by atoms with Crippen LogP contribution in [0.2, 0.25) is 0 Å². The maximum Gasteiger partial charge on any atom is 0.408 e. The Kier molecular flexibility index (Phi) is 11.9. The van der Waals surface area contributed by atoms with E-state index in [1.165, 1.54) is 4.90 Å². The van der Waals surface area contributed by atoms with Gasteiger partial charge in [0.1, 0.15) is 17.7 Å². The fraction of sp³-hybridized carbons (Fsp3) is 0.630. The minimum absolute atomic E-state index is 0.0208. The van der Waals surface area contributed by atoms with Crippen molar-refractivity contribution >= 4 is 23.9 Å². The fourth-order valence-electron chi connectivity index (χ4n) is 3.67. The van der Waals surface area contributed by atoms with Crippen LogP contribution in [0.1, 0.15) is 84.0 Å². The topological polar surface area (TPSA) is 114 Å². The van der Waals surface area contributed by atoms with Crippen molar-refractivity contribution in [1.82, 2.24) is 15.5 Å². The van der Waals surface area contributed by atoms with Crippen LogP contribution in [0.15, 0.2) is 18.2 Å². The van der Waals surface area contributed by atoms with Gasteiger partial charge in [-0.15, -0.1) is 0 Å². The maximum absolute atomic E-state index is 13.7. The largest absolute Gasteiger partial charge is 0.466 e. The molecule has 3 amide bonds. The van der Waals surface area contributed by atoms with Crippen molar-refractivity contribution in [2.45, 2.75) is 98.9 Å².